The standard InChI is InChI=1S/C28H30ClNO4/c1-27(2)11-17-24(19(31)13-27)26(25-18(30-17)12-28(3,4)14-20(25)32)23-9-8-21(34-23)15-6-7-22(33-5)16(29)10-15/h6-10,26,30H,11-14H2,1-5H3. The molecule has 0 saturated heterocycles. The maximum absolute atomic E-state index is 13.4. The molecule has 2 aromatic rings. The Bertz CT molecular complexity index is 1230. The van der Waals surface area contributed by atoms with Crippen LogP contribution in [0.2, 0.25) is 5.02 Å². The summed E-state index contributed by atoms with van der Waals surface area (Å²) in [6.07, 6.45) is 2.43. The van der Waals surface area contributed by atoms with Crippen LogP contribution in [-0.2, 0) is 9.59 Å². The fourth-order valence-corrected chi connectivity index (χ4v) is 5.91. The van der Waals surface area contributed by atoms with Crippen LogP contribution in [0, 0.1) is 10.8 Å². The average molecular weight is 480 g/mol. The molecular formula is C28H30ClNO4. The average Bonchev–Trinajstić information content (AvgIpc) is 3.20. The number of dihydropyridines is 1. The van der Waals surface area contributed by atoms with Gasteiger partial charge < -0.3 is 14.5 Å². The van der Waals surface area contributed by atoms with E-state index in [4.69, 9.17) is 20.8 Å². The molecule has 1 aromatic carbocycles. The van der Waals surface area contributed by atoms with Crippen LogP contribution in [-0.4, -0.2) is 18.7 Å². The molecule has 0 radical (unpaired) electrons. The third-order valence-corrected chi connectivity index (χ3v) is 7.36. The molecule has 0 atom stereocenters. The Kier molecular flexibility index (Phi) is 5.32. The van der Waals surface area contributed by atoms with E-state index in [2.05, 4.69) is 33.0 Å². The highest BCUT2D eigenvalue weighted by Crippen LogP contribution is 2.51. The van der Waals surface area contributed by atoms with E-state index in [1.165, 1.54) is 0 Å². The van der Waals surface area contributed by atoms with Crippen molar-refractivity contribution >= 4 is 23.2 Å². The number of nitrogens with one attached hydrogen (secondary N) is 1. The zero-order valence-corrected chi connectivity index (χ0v) is 21.1. The molecule has 178 valence electrons. The number of allylic oxidation sites excluding steroid dienone is 4. The summed E-state index contributed by atoms with van der Waals surface area (Å²) in [5.74, 6) is 1.52. The van der Waals surface area contributed by atoms with Crippen molar-refractivity contribution < 1.29 is 18.7 Å². The van der Waals surface area contributed by atoms with E-state index in [9.17, 15) is 9.59 Å². The van der Waals surface area contributed by atoms with Crippen molar-refractivity contribution in [3.63, 3.8) is 0 Å². The molecule has 5 rings (SSSR count). The van der Waals surface area contributed by atoms with Gasteiger partial charge in [0.2, 0.25) is 0 Å². The Labute approximate surface area is 205 Å². The van der Waals surface area contributed by atoms with Crippen LogP contribution in [0.4, 0.5) is 0 Å². The van der Waals surface area contributed by atoms with Gasteiger partial charge in [0, 0.05) is 40.9 Å². The zero-order chi connectivity index (χ0) is 24.4. The highest BCUT2D eigenvalue weighted by atomic mass is 35.5. The summed E-state index contributed by atoms with van der Waals surface area (Å²) >= 11 is 6.33. The number of ketones is 2. The van der Waals surface area contributed by atoms with E-state index in [1.54, 1.807) is 19.2 Å². The highest BCUT2D eigenvalue weighted by Gasteiger charge is 2.47. The molecule has 6 heteroatoms. The number of rotatable bonds is 3. The van der Waals surface area contributed by atoms with Crippen molar-refractivity contribution in [2.75, 3.05) is 7.11 Å². The molecule has 1 N–H and O–H groups in total. The minimum atomic E-state index is -0.485. The second-order valence-electron chi connectivity index (χ2n) is 11.3. The summed E-state index contributed by atoms with van der Waals surface area (Å²) in [4.78, 5) is 26.8. The largest absolute Gasteiger partial charge is 0.495 e. The van der Waals surface area contributed by atoms with Gasteiger partial charge in [-0.05, 0) is 54.0 Å². The van der Waals surface area contributed by atoms with Crippen LogP contribution in [0.1, 0.15) is 65.1 Å². The van der Waals surface area contributed by atoms with Gasteiger partial charge in [-0.2, -0.15) is 0 Å². The highest BCUT2D eigenvalue weighted by molar-refractivity contribution is 6.32. The minimum absolute atomic E-state index is 0.0818. The second-order valence-corrected chi connectivity index (χ2v) is 11.7. The quantitative estimate of drug-likeness (QED) is 0.538. The van der Waals surface area contributed by atoms with Gasteiger partial charge in [-0.25, -0.2) is 0 Å². The van der Waals surface area contributed by atoms with Gasteiger partial charge in [-0.3, -0.25) is 9.59 Å². The summed E-state index contributed by atoms with van der Waals surface area (Å²) in [5.41, 5.74) is 3.77. The maximum Gasteiger partial charge on any atom is 0.162 e. The van der Waals surface area contributed by atoms with Crippen molar-refractivity contribution in [1.82, 2.24) is 5.32 Å². The normalized spacial score (nSPS) is 21.8. The Balaban J connectivity index is 1.63. The lowest BCUT2D eigenvalue weighted by Crippen LogP contribution is -2.42. The maximum atomic E-state index is 13.4. The van der Waals surface area contributed by atoms with Crippen LogP contribution in [0.3, 0.4) is 0 Å². The number of halogens is 1. The summed E-state index contributed by atoms with van der Waals surface area (Å²) in [5, 5.41) is 4.02. The first-order valence-corrected chi connectivity index (χ1v) is 12.1. The molecule has 3 aliphatic rings. The lowest BCUT2D eigenvalue weighted by Gasteiger charge is -2.43. The third kappa shape index (κ3) is 3.90. The molecule has 2 heterocycles. The first-order chi connectivity index (χ1) is 16.0. The van der Waals surface area contributed by atoms with Gasteiger partial charge in [-0.1, -0.05) is 39.3 Å². The van der Waals surface area contributed by atoms with Crippen LogP contribution < -0.4 is 10.1 Å². The molecule has 0 fully saturated rings. The lowest BCUT2D eigenvalue weighted by atomic mass is 9.65. The first kappa shape index (κ1) is 23.0. The Hall–Kier alpha value is -2.79. The van der Waals surface area contributed by atoms with E-state index in [0.717, 1.165) is 29.8 Å². The van der Waals surface area contributed by atoms with E-state index < -0.39 is 5.92 Å². The number of Topliss-reactive ketones (excluding diaryl/α,β-unsaturated/α-hetero) is 2. The smallest absolute Gasteiger partial charge is 0.162 e. The fraction of sp³-hybridized carbons (Fsp3) is 0.429. The summed E-state index contributed by atoms with van der Waals surface area (Å²) in [6, 6.07) is 9.24. The summed E-state index contributed by atoms with van der Waals surface area (Å²) in [6.45, 7) is 8.46. The number of carbonyl (C=O) groups is 2. The number of hydrogen-bond donors (Lipinski definition) is 1. The number of benzene rings is 1. The van der Waals surface area contributed by atoms with Crippen molar-refractivity contribution in [3.8, 4) is 17.1 Å². The number of methoxy groups -OCH3 is 1. The van der Waals surface area contributed by atoms with Gasteiger partial charge in [0.1, 0.15) is 17.3 Å². The van der Waals surface area contributed by atoms with Gasteiger partial charge >= 0.3 is 0 Å². The van der Waals surface area contributed by atoms with Crippen molar-refractivity contribution in [1.29, 1.82) is 0 Å². The third-order valence-electron chi connectivity index (χ3n) is 7.07. The van der Waals surface area contributed by atoms with Crippen molar-refractivity contribution in [2.24, 2.45) is 10.8 Å². The number of furan rings is 1. The SMILES string of the molecule is COc1ccc(-c2ccc(C3C4=C(CC(C)(C)CC4=O)NC4=C3C(=O)CC(C)(C)C4)o2)cc1Cl. The van der Waals surface area contributed by atoms with Crippen molar-refractivity contribution in [2.45, 2.75) is 59.3 Å². The van der Waals surface area contributed by atoms with E-state index in [0.29, 0.717) is 46.3 Å². The number of ether oxygens (including phenoxy) is 1. The van der Waals surface area contributed by atoms with Crippen LogP contribution in [0.15, 0.2) is 57.3 Å². The molecule has 5 nitrogen and oxygen atoms in total. The lowest BCUT2D eigenvalue weighted by molar-refractivity contribution is -0.119. The predicted octanol–water partition coefficient (Wildman–Crippen LogP) is 6.58. The van der Waals surface area contributed by atoms with Gasteiger partial charge in [-0.15, -0.1) is 0 Å². The summed E-state index contributed by atoms with van der Waals surface area (Å²) in [7, 11) is 1.57. The molecule has 0 amide bonds. The van der Waals surface area contributed by atoms with E-state index in [1.807, 2.05) is 18.2 Å². The number of carbonyl (C=O) groups excluding carboxylic acids is 2. The molecule has 34 heavy (non-hydrogen) atoms. The molecule has 0 saturated carbocycles. The molecular weight excluding hydrogens is 450 g/mol. The molecule has 2 aliphatic carbocycles. The Morgan fingerprint density at radius 3 is 2.03 bits per heavy atom. The molecule has 1 aliphatic heterocycles. The predicted molar refractivity (Wildman–Crippen MR) is 132 cm³/mol. The Morgan fingerprint density at radius 1 is 0.912 bits per heavy atom. The molecule has 1 aromatic heterocycles. The molecule has 0 unspecified atom stereocenters. The topological polar surface area (TPSA) is 68.5 Å². The fourth-order valence-electron chi connectivity index (χ4n) is 5.66. The minimum Gasteiger partial charge on any atom is -0.495 e. The van der Waals surface area contributed by atoms with E-state index >= 15 is 0 Å². The second kappa shape index (κ2) is 7.88. The summed E-state index contributed by atoms with van der Waals surface area (Å²) < 4.78 is 11.6. The van der Waals surface area contributed by atoms with Crippen molar-refractivity contribution in [3.05, 3.63) is 63.7 Å². The first-order valence-electron chi connectivity index (χ1n) is 11.7. The van der Waals surface area contributed by atoms with Gasteiger partial charge in [0.05, 0.1) is 18.1 Å². The molecule has 0 spiro atoms. The Morgan fingerprint density at radius 2 is 1.50 bits per heavy atom. The zero-order valence-electron chi connectivity index (χ0n) is 20.3. The van der Waals surface area contributed by atoms with Crippen LogP contribution >= 0.6 is 11.6 Å². The monoisotopic (exact) mass is 479 g/mol. The number of hydrogen-bond acceptors (Lipinski definition) is 5. The van der Waals surface area contributed by atoms with E-state index in [-0.39, 0.29) is 22.4 Å². The molecule has 0 bridgehead atoms. The van der Waals surface area contributed by atoms with Gasteiger partial charge in [0.25, 0.3) is 0 Å². The van der Waals surface area contributed by atoms with Crippen LogP contribution in [0.5, 0.6) is 5.75 Å². The van der Waals surface area contributed by atoms with Crippen LogP contribution in [0.25, 0.3) is 11.3 Å². The van der Waals surface area contributed by atoms with Gasteiger partial charge in [0.15, 0.2) is 11.6 Å².